The van der Waals surface area contributed by atoms with E-state index in [2.05, 4.69) is 5.32 Å². The van der Waals surface area contributed by atoms with Gasteiger partial charge in [-0.3, -0.25) is 4.79 Å². The molecule has 0 saturated heterocycles. The van der Waals surface area contributed by atoms with E-state index in [0.29, 0.717) is 12.1 Å². The molecule has 0 aliphatic heterocycles. The van der Waals surface area contributed by atoms with Gasteiger partial charge in [-0.15, -0.1) is 0 Å². The Bertz CT molecular complexity index is 452. The molecule has 0 atom stereocenters. The smallest absolute Gasteiger partial charge is 0.326 e. The number of carbonyl (C=O) groups is 1. The lowest BCUT2D eigenvalue weighted by atomic mass is 10.00. The van der Waals surface area contributed by atoms with Crippen LogP contribution in [0, 0.1) is 0 Å². The van der Waals surface area contributed by atoms with Gasteiger partial charge in [0.15, 0.2) is 0 Å². The van der Waals surface area contributed by atoms with E-state index in [1.807, 2.05) is 13.8 Å². The third-order valence-electron chi connectivity index (χ3n) is 2.37. The molecule has 0 radical (unpaired) electrons. The molecule has 3 nitrogen and oxygen atoms in total. The van der Waals surface area contributed by atoms with Crippen LogP contribution < -0.4 is 11.1 Å². The zero-order valence-electron chi connectivity index (χ0n) is 11.3. The Morgan fingerprint density at radius 1 is 1.25 bits per heavy atom. The van der Waals surface area contributed by atoms with Crippen LogP contribution >= 0.6 is 11.8 Å². The van der Waals surface area contributed by atoms with Crippen molar-refractivity contribution in [1.29, 1.82) is 0 Å². The van der Waals surface area contributed by atoms with Crippen LogP contribution in [0.2, 0.25) is 0 Å². The first-order chi connectivity index (χ1) is 9.05. The molecular weight excluding hydrogens is 289 g/mol. The van der Waals surface area contributed by atoms with Crippen molar-refractivity contribution in [2.45, 2.75) is 42.6 Å². The minimum atomic E-state index is -4.31. The van der Waals surface area contributed by atoms with Gasteiger partial charge in [0.2, 0.25) is 5.91 Å². The highest BCUT2D eigenvalue weighted by Crippen LogP contribution is 2.37. The number of nitrogens with two attached hydrogens (primary N) is 1. The molecule has 0 fully saturated rings. The largest absolute Gasteiger partial charge is 0.446 e. The lowest BCUT2D eigenvalue weighted by Gasteiger charge is -2.17. The van der Waals surface area contributed by atoms with Crippen LogP contribution in [-0.4, -0.2) is 17.0 Å². The third-order valence-corrected chi connectivity index (χ3v) is 3.11. The summed E-state index contributed by atoms with van der Waals surface area (Å²) in [7, 11) is 0. The van der Waals surface area contributed by atoms with Crippen molar-refractivity contribution in [1.82, 2.24) is 0 Å². The van der Waals surface area contributed by atoms with Crippen molar-refractivity contribution in [3.63, 3.8) is 0 Å². The van der Waals surface area contributed by atoms with E-state index in [4.69, 9.17) is 5.73 Å². The summed E-state index contributed by atoms with van der Waals surface area (Å²) in [5, 5.41) is 2.62. The summed E-state index contributed by atoms with van der Waals surface area (Å²) in [6, 6.07) is 5.53. The predicted octanol–water partition coefficient (Wildman–Crippen LogP) is 3.75. The molecule has 112 valence electrons. The number of benzene rings is 1. The number of rotatable bonds is 5. The summed E-state index contributed by atoms with van der Waals surface area (Å²) < 4.78 is 36.4. The Morgan fingerprint density at radius 3 is 2.25 bits per heavy atom. The summed E-state index contributed by atoms with van der Waals surface area (Å²) >= 11 is -0.187. The maximum atomic E-state index is 12.1. The monoisotopic (exact) mass is 306 g/mol. The SMILES string of the molecule is CC(C)(N)CCC(=O)Nc1ccc(SC(F)(F)F)cc1. The Balaban J connectivity index is 2.51. The Kier molecular flexibility index (Phi) is 5.47. The predicted molar refractivity (Wildman–Crippen MR) is 74.5 cm³/mol. The van der Waals surface area contributed by atoms with E-state index in [1.54, 1.807) is 0 Å². The second-order valence-corrected chi connectivity index (χ2v) is 6.25. The van der Waals surface area contributed by atoms with Gasteiger partial charge in [-0.25, -0.2) is 0 Å². The van der Waals surface area contributed by atoms with E-state index in [9.17, 15) is 18.0 Å². The van der Waals surface area contributed by atoms with Crippen molar-refractivity contribution < 1.29 is 18.0 Å². The van der Waals surface area contributed by atoms with E-state index >= 15 is 0 Å². The number of amides is 1. The van der Waals surface area contributed by atoms with E-state index in [0.717, 1.165) is 0 Å². The molecule has 1 rings (SSSR count). The molecule has 1 aromatic rings. The normalized spacial score (nSPS) is 12.3. The number of halogens is 3. The van der Waals surface area contributed by atoms with E-state index in [1.165, 1.54) is 24.3 Å². The average molecular weight is 306 g/mol. The lowest BCUT2D eigenvalue weighted by molar-refractivity contribution is -0.116. The fraction of sp³-hybridized carbons (Fsp3) is 0.462. The standard InChI is InChI=1S/C13H17F3N2OS/c1-12(2,17)8-7-11(19)18-9-3-5-10(6-4-9)20-13(14,15)16/h3-6H,7-8,17H2,1-2H3,(H,18,19). The van der Waals surface area contributed by atoms with Crippen LogP contribution in [0.4, 0.5) is 18.9 Å². The maximum absolute atomic E-state index is 12.1. The van der Waals surface area contributed by atoms with Gasteiger partial charge < -0.3 is 11.1 Å². The molecule has 7 heteroatoms. The topological polar surface area (TPSA) is 55.1 Å². The summed E-state index contributed by atoms with van der Waals surface area (Å²) in [5.41, 5.74) is 1.50. The molecule has 1 amide bonds. The first-order valence-electron chi connectivity index (χ1n) is 6.00. The zero-order chi connectivity index (χ0) is 15.4. The van der Waals surface area contributed by atoms with Crippen LogP contribution in [-0.2, 0) is 4.79 Å². The summed E-state index contributed by atoms with van der Waals surface area (Å²) in [4.78, 5) is 11.7. The number of hydrogen-bond acceptors (Lipinski definition) is 3. The number of alkyl halides is 3. The first-order valence-corrected chi connectivity index (χ1v) is 6.81. The number of hydrogen-bond donors (Lipinski definition) is 2. The second-order valence-electron chi connectivity index (χ2n) is 5.11. The zero-order valence-corrected chi connectivity index (χ0v) is 12.1. The fourth-order valence-electron chi connectivity index (χ4n) is 1.40. The summed E-state index contributed by atoms with van der Waals surface area (Å²) in [6.45, 7) is 3.65. The van der Waals surface area contributed by atoms with Gasteiger partial charge in [0.05, 0.1) is 0 Å². The van der Waals surface area contributed by atoms with Gasteiger partial charge in [0, 0.05) is 22.5 Å². The van der Waals surface area contributed by atoms with Crippen LogP contribution in [0.15, 0.2) is 29.2 Å². The van der Waals surface area contributed by atoms with Crippen LogP contribution in [0.5, 0.6) is 0 Å². The minimum Gasteiger partial charge on any atom is -0.326 e. The number of thioether (sulfide) groups is 1. The molecular formula is C13H17F3N2OS. The molecule has 3 N–H and O–H groups in total. The summed E-state index contributed by atoms with van der Waals surface area (Å²) in [6.07, 6.45) is 0.795. The molecule has 0 aromatic heterocycles. The van der Waals surface area contributed by atoms with Gasteiger partial charge in [0.25, 0.3) is 0 Å². The highest BCUT2D eigenvalue weighted by atomic mass is 32.2. The van der Waals surface area contributed by atoms with Crippen molar-refractivity contribution in [3.8, 4) is 0 Å². The quantitative estimate of drug-likeness (QED) is 0.815. The fourth-order valence-corrected chi connectivity index (χ4v) is 1.94. The molecule has 0 saturated carbocycles. The molecule has 0 unspecified atom stereocenters. The van der Waals surface area contributed by atoms with Crippen molar-refractivity contribution in [2.24, 2.45) is 5.73 Å². The number of carbonyl (C=O) groups excluding carboxylic acids is 1. The first kappa shape index (κ1) is 16.8. The third kappa shape index (κ3) is 7.40. The van der Waals surface area contributed by atoms with E-state index in [-0.39, 0.29) is 29.0 Å². The molecule has 1 aromatic carbocycles. The van der Waals surface area contributed by atoms with Gasteiger partial charge in [-0.05, 0) is 56.3 Å². The van der Waals surface area contributed by atoms with Crippen LogP contribution in [0.3, 0.4) is 0 Å². The van der Waals surface area contributed by atoms with Crippen LogP contribution in [0.1, 0.15) is 26.7 Å². The lowest BCUT2D eigenvalue weighted by Crippen LogP contribution is -2.33. The Morgan fingerprint density at radius 2 is 1.80 bits per heavy atom. The van der Waals surface area contributed by atoms with Gasteiger partial charge in [-0.1, -0.05) is 0 Å². The second kappa shape index (κ2) is 6.49. The van der Waals surface area contributed by atoms with Crippen molar-refractivity contribution in [2.75, 3.05) is 5.32 Å². The molecule has 0 aliphatic rings. The van der Waals surface area contributed by atoms with Gasteiger partial charge in [-0.2, -0.15) is 13.2 Å². The molecule has 0 aliphatic carbocycles. The van der Waals surface area contributed by atoms with Gasteiger partial charge in [0.1, 0.15) is 0 Å². The van der Waals surface area contributed by atoms with Crippen molar-refractivity contribution in [3.05, 3.63) is 24.3 Å². The highest BCUT2D eigenvalue weighted by molar-refractivity contribution is 8.00. The van der Waals surface area contributed by atoms with Crippen molar-refractivity contribution >= 4 is 23.4 Å². The highest BCUT2D eigenvalue weighted by Gasteiger charge is 2.29. The van der Waals surface area contributed by atoms with E-state index < -0.39 is 11.0 Å². The minimum absolute atomic E-state index is 0.0820. The number of anilines is 1. The number of nitrogens with one attached hydrogen (secondary N) is 1. The molecule has 0 bridgehead atoms. The Hall–Kier alpha value is -1.21. The Labute approximate surface area is 120 Å². The summed E-state index contributed by atoms with van der Waals surface area (Å²) in [5.74, 6) is -0.209. The molecule has 20 heavy (non-hydrogen) atoms. The maximum Gasteiger partial charge on any atom is 0.446 e. The average Bonchev–Trinajstić information content (AvgIpc) is 2.26. The molecule has 0 spiro atoms. The van der Waals surface area contributed by atoms with Crippen LogP contribution in [0.25, 0.3) is 0 Å². The van der Waals surface area contributed by atoms with Gasteiger partial charge >= 0.3 is 5.51 Å². The molecule has 0 heterocycles.